The lowest BCUT2D eigenvalue weighted by atomic mass is 9.64. The van der Waals surface area contributed by atoms with E-state index in [4.69, 9.17) is 14.1 Å². The zero-order chi connectivity index (χ0) is 13.2. The first-order valence-corrected chi connectivity index (χ1v) is 6.33. The molecule has 0 fully saturated rings. The zero-order valence-corrected chi connectivity index (χ0v) is 11.1. The molecule has 1 heterocycles. The largest absolute Gasteiger partial charge is 0.493 e. The van der Waals surface area contributed by atoms with E-state index in [1.807, 2.05) is 36.4 Å². The summed E-state index contributed by atoms with van der Waals surface area (Å²) in [6.07, 6.45) is 0. The molecule has 2 aromatic carbocycles. The van der Waals surface area contributed by atoms with Crippen LogP contribution in [-0.4, -0.2) is 14.0 Å². The Morgan fingerprint density at radius 1 is 1.11 bits per heavy atom. The summed E-state index contributed by atoms with van der Waals surface area (Å²) < 4.78 is 16.8. The van der Waals surface area contributed by atoms with Crippen LogP contribution < -0.4 is 14.9 Å². The molecule has 0 unspecified atom stereocenters. The fraction of sp³-hybridized carbons (Fsp3) is 0.200. The average Bonchev–Trinajstić information content (AvgIpc) is 2.81. The first-order chi connectivity index (χ1) is 9.28. The van der Waals surface area contributed by atoms with Crippen LogP contribution in [0, 0.1) is 0 Å². The van der Waals surface area contributed by atoms with E-state index < -0.39 is 0 Å². The SMILES string of the molecule is COc1ccccc1Oc1ccc2c(c1)COB2C. The molecule has 0 amide bonds. The van der Waals surface area contributed by atoms with E-state index in [1.54, 1.807) is 7.11 Å². The first kappa shape index (κ1) is 12.1. The minimum absolute atomic E-state index is 0.176. The van der Waals surface area contributed by atoms with Gasteiger partial charge in [0.25, 0.3) is 0 Å². The topological polar surface area (TPSA) is 27.7 Å². The van der Waals surface area contributed by atoms with Gasteiger partial charge in [-0.1, -0.05) is 25.0 Å². The molecule has 0 aromatic heterocycles. The van der Waals surface area contributed by atoms with Crippen LogP contribution in [0.15, 0.2) is 42.5 Å². The van der Waals surface area contributed by atoms with E-state index in [0.29, 0.717) is 6.61 Å². The third-order valence-electron chi connectivity index (χ3n) is 3.34. The molecule has 2 aromatic rings. The molecule has 1 aliphatic heterocycles. The molecule has 0 saturated carbocycles. The standard InChI is InChI=1S/C15H15BO3/c1-16-13-8-7-12(9-11(13)10-18-16)19-15-6-4-3-5-14(15)17-2/h3-9H,10H2,1-2H3. The number of hydrogen-bond donors (Lipinski definition) is 0. The van der Waals surface area contributed by atoms with Crippen LogP contribution in [0.1, 0.15) is 5.56 Å². The first-order valence-electron chi connectivity index (χ1n) is 6.33. The quantitative estimate of drug-likeness (QED) is 0.788. The molecular formula is C15H15BO3. The van der Waals surface area contributed by atoms with Crippen LogP contribution in [0.3, 0.4) is 0 Å². The van der Waals surface area contributed by atoms with Crippen molar-refractivity contribution in [3.05, 3.63) is 48.0 Å². The van der Waals surface area contributed by atoms with Crippen LogP contribution in [0.2, 0.25) is 6.82 Å². The van der Waals surface area contributed by atoms with Crippen LogP contribution >= 0.6 is 0 Å². The molecule has 0 N–H and O–H groups in total. The van der Waals surface area contributed by atoms with Gasteiger partial charge in [-0.3, -0.25) is 0 Å². The van der Waals surface area contributed by atoms with Crippen molar-refractivity contribution in [1.82, 2.24) is 0 Å². The highest BCUT2D eigenvalue weighted by Crippen LogP contribution is 2.31. The van der Waals surface area contributed by atoms with Crippen molar-refractivity contribution < 1.29 is 14.1 Å². The van der Waals surface area contributed by atoms with Crippen LogP contribution in [0.4, 0.5) is 0 Å². The predicted molar refractivity (Wildman–Crippen MR) is 75.6 cm³/mol. The summed E-state index contributed by atoms with van der Waals surface area (Å²) in [6, 6.07) is 13.7. The highest BCUT2D eigenvalue weighted by Gasteiger charge is 2.23. The number of hydrogen-bond acceptors (Lipinski definition) is 3. The lowest BCUT2D eigenvalue weighted by molar-refractivity contribution is 0.333. The molecular weight excluding hydrogens is 239 g/mol. The maximum Gasteiger partial charge on any atom is 0.324 e. The van der Waals surface area contributed by atoms with Crippen molar-refractivity contribution in [2.75, 3.05) is 7.11 Å². The van der Waals surface area contributed by atoms with Crippen molar-refractivity contribution in [3.63, 3.8) is 0 Å². The van der Waals surface area contributed by atoms with E-state index in [2.05, 4.69) is 12.9 Å². The van der Waals surface area contributed by atoms with Gasteiger partial charge in [-0.25, -0.2) is 0 Å². The molecule has 0 saturated heterocycles. The van der Waals surface area contributed by atoms with E-state index in [0.717, 1.165) is 17.2 Å². The van der Waals surface area contributed by atoms with Gasteiger partial charge >= 0.3 is 6.92 Å². The summed E-state index contributed by atoms with van der Waals surface area (Å²) in [5.74, 6) is 2.26. The van der Waals surface area contributed by atoms with E-state index in [1.165, 1.54) is 11.0 Å². The molecule has 0 radical (unpaired) electrons. The highest BCUT2D eigenvalue weighted by molar-refractivity contribution is 6.67. The van der Waals surface area contributed by atoms with Crippen molar-refractivity contribution in [1.29, 1.82) is 0 Å². The van der Waals surface area contributed by atoms with Gasteiger partial charge in [-0.05, 0) is 35.3 Å². The Labute approximate surface area is 113 Å². The number of para-hydroxylation sites is 2. The summed E-state index contributed by atoms with van der Waals surface area (Å²) in [5, 5.41) is 0. The third kappa shape index (κ3) is 2.31. The summed E-state index contributed by atoms with van der Waals surface area (Å²) in [7, 11) is 1.64. The van der Waals surface area contributed by atoms with Gasteiger partial charge in [0.1, 0.15) is 5.75 Å². The number of fused-ring (bicyclic) bond motifs is 1. The molecule has 19 heavy (non-hydrogen) atoms. The number of rotatable bonds is 3. The molecule has 0 atom stereocenters. The van der Waals surface area contributed by atoms with Gasteiger partial charge in [-0.2, -0.15) is 0 Å². The fourth-order valence-electron chi connectivity index (χ4n) is 2.30. The van der Waals surface area contributed by atoms with E-state index >= 15 is 0 Å². The molecule has 0 aliphatic carbocycles. The fourth-order valence-corrected chi connectivity index (χ4v) is 2.30. The zero-order valence-electron chi connectivity index (χ0n) is 11.1. The van der Waals surface area contributed by atoms with Crippen LogP contribution in [-0.2, 0) is 11.3 Å². The Hall–Kier alpha value is -1.94. The van der Waals surface area contributed by atoms with E-state index in [9.17, 15) is 0 Å². The molecule has 4 heteroatoms. The summed E-state index contributed by atoms with van der Waals surface area (Å²) in [4.78, 5) is 0. The van der Waals surface area contributed by atoms with Crippen molar-refractivity contribution in [2.24, 2.45) is 0 Å². The van der Waals surface area contributed by atoms with Crippen molar-refractivity contribution in [2.45, 2.75) is 13.4 Å². The highest BCUT2D eigenvalue weighted by atomic mass is 16.5. The maximum absolute atomic E-state index is 5.88. The van der Waals surface area contributed by atoms with Gasteiger partial charge in [0, 0.05) is 0 Å². The van der Waals surface area contributed by atoms with Crippen molar-refractivity contribution >= 4 is 12.4 Å². The maximum atomic E-state index is 5.88. The summed E-state index contributed by atoms with van der Waals surface area (Å²) in [5.41, 5.74) is 2.44. The Bertz CT molecular complexity index is 598. The monoisotopic (exact) mass is 254 g/mol. The third-order valence-corrected chi connectivity index (χ3v) is 3.34. The second-order valence-electron chi connectivity index (χ2n) is 4.57. The lowest BCUT2D eigenvalue weighted by Gasteiger charge is -2.10. The number of ether oxygens (including phenoxy) is 2. The summed E-state index contributed by atoms with van der Waals surface area (Å²) in [6.45, 7) is 2.89. The van der Waals surface area contributed by atoms with Crippen LogP contribution in [0.25, 0.3) is 0 Å². The van der Waals surface area contributed by atoms with Gasteiger partial charge < -0.3 is 14.1 Å². The van der Waals surface area contributed by atoms with Gasteiger partial charge in [0.2, 0.25) is 0 Å². The molecule has 1 aliphatic rings. The normalized spacial score (nSPS) is 13.3. The summed E-state index contributed by atoms with van der Waals surface area (Å²) >= 11 is 0. The molecule has 3 rings (SSSR count). The second kappa shape index (κ2) is 4.98. The Kier molecular flexibility index (Phi) is 3.17. The molecule has 0 spiro atoms. The smallest absolute Gasteiger partial charge is 0.324 e. The number of methoxy groups -OCH3 is 1. The van der Waals surface area contributed by atoms with Gasteiger partial charge in [-0.15, -0.1) is 0 Å². The minimum atomic E-state index is 0.176. The van der Waals surface area contributed by atoms with E-state index in [-0.39, 0.29) is 6.92 Å². The molecule has 96 valence electrons. The van der Waals surface area contributed by atoms with Crippen molar-refractivity contribution in [3.8, 4) is 17.2 Å². The Morgan fingerprint density at radius 3 is 2.68 bits per heavy atom. The second-order valence-corrected chi connectivity index (χ2v) is 4.57. The number of benzene rings is 2. The van der Waals surface area contributed by atoms with Crippen LogP contribution in [0.5, 0.6) is 17.2 Å². The predicted octanol–water partition coefficient (Wildman–Crippen LogP) is 2.85. The van der Waals surface area contributed by atoms with Gasteiger partial charge in [0.05, 0.1) is 13.7 Å². The van der Waals surface area contributed by atoms with Gasteiger partial charge in [0.15, 0.2) is 11.5 Å². The lowest BCUT2D eigenvalue weighted by Crippen LogP contribution is -2.23. The molecule has 3 nitrogen and oxygen atoms in total. The minimum Gasteiger partial charge on any atom is -0.493 e. The Balaban J connectivity index is 1.88. The Morgan fingerprint density at radius 2 is 1.89 bits per heavy atom. The average molecular weight is 254 g/mol. The molecule has 0 bridgehead atoms.